The van der Waals surface area contributed by atoms with E-state index < -0.39 is 0 Å². The normalized spacial score (nSPS) is 20.8. The van der Waals surface area contributed by atoms with E-state index in [-0.39, 0.29) is 29.9 Å². The zero-order chi connectivity index (χ0) is 25.8. The van der Waals surface area contributed by atoms with Gasteiger partial charge in [-0.2, -0.15) is 0 Å². The second-order valence-corrected chi connectivity index (χ2v) is 11.9. The van der Waals surface area contributed by atoms with Crippen LogP contribution in [0, 0.1) is 12.8 Å². The van der Waals surface area contributed by atoms with E-state index in [9.17, 15) is 9.59 Å². The molecule has 37 heavy (non-hydrogen) atoms. The fraction of sp³-hybridized carbons (Fsp3) is 0.393. The lowest BCUT2D eigenvalue weighted by Crippen LogP contribution is -2.39. The van der Waals surface area contributed by atoms with E-state index in [1.807, 2.05) is 45.0 Å². The van der Waals surface area contributed by atoms with Crippen molar-refractivity contribution in [2.24, 2.45) is 5.92 Å². The lowest BCUT2D eigenvalue weighted by molar-refractivity contribution is 0.141. The van der Waals surface area contributed by atoms with Gasteiger partial charge in [-0.05, 0) is 63.6 Å². The molecule has 1 unspecified atom stereocenters. The van der Waals surface area contributed by atoms with Crippen LogP contribution in [0.1, 0.15) is 36.8 Å². The third kappa shape index (κ3) is 4.41. The minimum atomic E-state index is -0.310. The van der Waals surface area contributed by atoms with Crippen molar-refractivity contribution in [3.05, 3.63) is 79.0 Å². The van der Waals surface area contributed by atoms with E-state index in [1.165, 1.54) is 17.1 Å². The minimum Gasteiger partial charge on any atom is -0.488 e. The second kappa shape index (κ2) is 9.42. The molecule has 0 radical (unpaired) electrons. The Balaban J connectivity index is 1.41. The smallest absolute Gasteiger partial charge is 0.331 e. The summed E-state index contributed by atoms with van der Waals surface area (Å²) >= 11 is 8.08. The van der Waals surface area contributed by atoms with Gasteiger partial charge < -0.3 is 4.74 Å². The Morgan fingerprint density at radius 3 is 2.73 bits per heavy atom. The van der Waals surface area contributed by atoms with E-state index in [2.05, 4.69) is 9.88 Å². The molecule has 2 bridgehead atoms. The number of halogens is 1. The number of fused-ring (bicyclic) bond motifs is 3. The third-order valence-electron chi connectivity index (χ3n) is 7.50. The molecule has 9 heteroatoms. The van der Waals surface area contributed by atoms with E-state index >= 15 is 0 Å². The third-order valence-corrected chi connectivity index (χ3v) is 8.86. The minimum absolute atomic E-state index is 0.0357. The van der Waals surface area contributed by atoms with E-state index in [0.29, 0.717) is 10.9 Å². The van der Waals surface area contributed by atoms with Crippen molar-refractivity contribution >= 4 is 33.2 Å². The summed E-state index contributed by atoms with van der Waals surface area (Å²) in [6, 6.07) is 9.28. The highest BCUT2D eigenvalue weighted by molar-refractivity contribution is 7.19. The SMILES string of the molecule is Cc1cc(Cl)cc(-c2ccnc3cc(Cn4c(=O)ccn(C(C)C)c4=O)sc23)c1O[C@@H]1CN2CC[C@@H]1C2. The molecule has 7 nitrogen and oxygen atoms in total. The van der Waals surface area contributed by atoms with Gasteiger partial charge in [0, 0.05) is 64.5 Å². The maximum Gasteiger partial charge on any atom is 0.331 e. The molecular weight excluding hydrogens is 508 g/mol. The highest BCUT2D eigenvalue weighted by atomic mass is 35.5. The Labute approximate surface area is 223 Å². The molecule has 1 aromatic carbocycles. The molecule has 0 amide bonds. The number of aromatic nitrogens is 3. The highest BCUT2D eigenvalue weighted by Crippen LogP contribution is 2.43. The van der Waals surface area contributed by atoms with Crippen LogP contribution in [0.25, 0.3) is 21.3 Å². The number of ether oxygens (including phenoxy) is 1. The molecule has 4 aromatic rings. The number of hydrogen-bond donors (Lipinski definition) is 0. The van der Waals surface area contributed by atoms with Gasteiger partial charge in [0.05, 0.1) is 16.8 Å². The van der Waals surface area contributed by atoms with Gasteiger partial charge in [-0.3, -0.25) is 23.8 Å². The average Bonchev–Trinajstić information content (AvgIpc) is 3.58. The van der Waals surface area contributed by atoms with Crippen LogP contribution in [-0.2, 0) is 6.54 Å². The number of rotatable bonds is 6. The van der Waals surface area contributed by atoms with Crippen LogP contribution in [0.2, 0.25) is 5.02 Å². The molecule has 3 atom stereocenters. The van der Waals surface area contributed by atoms with Crippen LogP contribution < -0.4 is 16.0 Å². The number of thiophene rings is 1. The predicted molar refractivity (Wildman–Crippen MR) is 148 cm³/mol. The number of piperidine rings is 1. The van der Waals surface area contributed by atoms with E-state index in [1.54, 1.807) is 28.3 Å². The van der Waals surface area contributed by atoms with E-state index in [4.69, 9.17) is 16.3 Å². The van der Waals surface area contributed by atoms with Gasteiger partial charge in [-0.15, -0.1) is 11.3 Å². The highest BCUT2D eigenvalue weighted by Gasteiger charge is 2.40. The number of pyridine rings is 1. The lowest BCUT2D eigenvalue weighted by atomic mass is 10.00. The van der Waals surface area contributed by atoms with Gasteiger partial charge in [-0.25, -0.2) is 4.79 Å². The fourth-order valence-electron chi connectivity index (χ4n) is 5.61. The molecule has 0 saturated carbocycles. The Kier molecular flexibility index (Phi) is 6.21. The first-order valence-corrected chi connectivity index (χ1v) is 13.9. The van der Waals surface area contributed by atoms with Crippen LogP contribution in [0.5, 0.6) is 5.75 Å². The maximum absolute atomic E-state index is 13.0. The molecule has 5 heterocycles. The van der Waals surface area contributed by atoms with Crippen LogP contribution in [0.3, 0.4) is 0 Å². The summed E-state index contributed by atoms with van der Waals surface area (Å²) in [6.45, 7) is 9.31. The van der Waals surface area contributed by atoms with Crippen LogP contribution in [0.15, 0.2) is 52.3 Å². The van der Waals surface area contributed by atoms with Crippen molar-refractivity contribution in [2.45, 2.75) is 45.9 Å². The topological polar surface area (TPSA) is 69.4 Å². The molecule has 6 rings (SSSR count). The Hall–Kier alpha value is -2.94. The van der Waals surface area contributed by atoms with Crippen molar-refractivity contribution < 1.29 is 4.74 Å². The lowest BCUT2D eigenvalue weighted by Gasteiger charge is -2.26. The molecule has 0 spiro atoms. The first-order chi connectivity index (χ1) is 17.8. The van der Waals surface area contributed by atoms with Crippen LogP contribution in [-0.4, -0.2) is 44.8 Å². The molecule has 0 aliphatic carbocycles. The maximum atomic E-state index is 13.0. The van der Waals surface area contributed by atoms with Crippen LogP contribution in [0.4, 0.5) is 0 Å². The molecule has 3 aromatic heterocycles. The molecule has 2 saturated heterocycles. The quantitative estimate of drug-likeness (QED) is 0.348. The Morgan fingerprint density at radius 1 is 1.16 bits per heavy atom. The standard InChI is InChI=1S/C28H29ClN4O3S/c1-16(2)32-9-6-25(34)33(28(32)35)14-20-12-23-27(37-20)21(4-7-30-23)22-11-19(29)10-17(3)26(22)36-24-15-31-8-5-18(24)13-31/h4,6-7,9-12,16,18,24H,5,8,13-15H2,1-3H3/t18-,24-/m1/s1. The van der Waals surface area contributed by atoms with E-state index in [0.717, 1.165) is 57.2 Å². The van der Waals surface area contributed by atoms with Gasteiger partial charge in [0.25, 0.3) is 5.56 Å². The Bertz CT molecular complexity index is 1620. The number of aryl methyl sites for hydroxylation is 1. The van der Waals surface area contributed by atoms with Gasteiger partial charge in [0.15, 0.2) is 0 Å². The van der Waals surface area contributed by atoms with Gasteiger partial charge in [-0.1, -0.05) is 11.6 Å². The van der Waals surface area contributed by atoms with Crippen LogP contribution >= 0.6 is 22.9 Å². The van der Waals surface area contributed by atoms with Crippen molar-refractivity contribution in [1.29, 1.82) is 0 Å². The summed E-state index contributed by atoms with van der Waals surface area (Å²) in [7, 11) is 0. The summed E-state index contributed by atoms with van der Waals surface area (Å²) in [4.78, 5) is 33.5. The summed E-state index contributed by atoms with van der Waals surface area (Å²) in [6.07, 6.45) is 4.71. The number of nitrogens with zero attached hydrogens (tertiary/aromatic N) is 4. The van der Waals surface area contributed by atoms with Crippen molar-refractivity contribution in [3.63, 3.8) is 0 Å². The van der Waals surface area contributed by atoms with Crippen molar-refractivity contribution in [1.82, 2.24) is 19.0 Å². The number of benzene rings is 1. The second-order valence-electron chi connectivity index (χ2n) is 10.4. The summed E-state index contributed by atoms with van der Waals surface area (Å²) in [5.41, 5.74) is 3.14. The molecule has 192 valence electrons. The number of hydrogen-bond acceptors (Lipinski definition) is 6. The average molecular weight is 537 g/mol. The fourth-order valence-corrected chi connectivity index (χ4v) is 7.01. The molecule has 2 fully saturated rings. The largest absolute Gasteiger partial charge is 0.488 e. The molecular formula is C28H29ClN4O3S. The summed E-state index contributed by atoms with van der Waals surface area (Å²) < 4.78 is 10.5. The summed E-state index contributed by atoms with van der Waals surface area (Å²) in [5.74, 6) is 1.43. The van der Waals surface area contributed by atoms with Gasteiger partial charge in [0.2, 0.25) is 0 Å². The monoisotopic (exact) mass is 536 g/mol. The first kappa shape index (κ1) is 24.4. The molecule has 2 aliphatic rings. The zero-order valence-electron chi connectivity index (χ0n) is 21.1. The predicted octanol–water partition coefficient (Wildman–Crippen LogP) is 4.96. The van der Waals surface area contributed by atoms with Gasteiger partial charge in [0.1, 0.15) is 11.9 Å². The molecule has 2 aliphatic heterocycles. The zero-order valence-corrected chi connectivity index (χ0v) is 22.7. The molecule has 0 N–H and O–H groups in total. The van der Waals surface area contributed by atoms with Crippen molar-refractivity contribution in [2.75, 3.05) is 19.6 Å². The Morgan fingerprint density at radius 2 is 2.00 bits per heavy atom. The van der Waals surface area contributed by atoms with Gasteiger partial charge >= 0.3 is 5.69 Å². The summed E-state index contributed by atoms with van der Waals surface area (Å²) in [5, 5.41) is 0.656. The first-order valence-electron chi connectivity index (χ1n) is 12.7. The van der Waals surface area contributed by atoms with Crippen molar-refractivity contribution in [3.8, 4) is 16.9 Å².